The SMILES string of the molecule is Cc1nc(N2CCC(C)CC2)cc(N(C)C2CCS(=O)(=O)C2)n1. The average molecular weight is 338 g/mol. The van der Waals surface area contributed by atoms with Gasteiger partial charge >= 0.3 is 0 Å². The van der Waals surface area contributed by atoms with Crippen LogP contribution in [0.2, 0.25) is 0 Å². The Morgan fingerprint density at radius 2 is 1.91 bits per heavy atom. The van der Waals surface area contributed by atoms with E-state index in [0.29, 0.717) is 6.42 Å². The van der Waals surface area contributed by atoms with Gasteiger partial charge in [-0.05, 0) is 32.1 Å². The van der Waals surface area contributed by atoms with Crippen LogP contribution in [-0.4, -0.2) is 56.1 Å². The molecule has 0 amide bonds. The molecule has 0 aliphatic carbocycles. The minimum Gasteiger partial charge on any atom is -0.356 e. The molecule has 0 bridgehead atoms. The number of hydrogen-bond donors (Lipinski definition) is 0. The Hall–Kier alpha value is -1.37. The predicted octanol–water partition coefficient (Wildman–Crippen LogP) is 1.64. The van der Waals surface area contributed by atoms with Gasteiger partial charge in [0, 0.05) is 32.2 Å². The van der Waals surface area contributed by atoms with E-state index in [4.69, 9.17) is 0 Å². The Balaban J connectivity index is 1.80. The lowest BCUT2D eigenvalue weighted by Gasteiger charge is -2.32. The summed E-state index contributed by atoms with van der Waals surface area (Å²) in [5, 5.41) is 0. The van der Waals surface area contributed by atoms with Gasteiger partial charge in [-0.1, -0.05) is 6.92 Å². The first-order valence-corrected chi connectivity index (χ1v) is 10.2. The molecule has 0 spiro atoms. The van der Waals surface area contributed by atoms with Gasteiger partial charge in [0.2, 0.25) is 0 Å². The van der Waals surface area contributed by atoms with Gasteiger partial charge in [0.15, 0.2) is 9.84 Å². The smallest absolute Gasteiger partial charge is 0.152 e. The second-order valence-electron chi connectivity index (χ2n) is 6.97. The number of piperidine rings is 1. The van der Waals surface area contributed by atoms with E-state index >= 15 is 0 Å². The molecule has 2 aliphatic heterocycles. The highest BCUT2D eigenvalue weighted by molar-refractivity contribution is 7.91. The van der Waals surface area contributed by atoms with Gasteiger partial charge in [0.25, 0.3) is 0 Å². The molecule has 0 saturated carbocycles. The second-order valence-corrected chi connectivity index (χ2v) is 9.20. The molecule has 1 unspecified atom stereocenters. The zero-order chi connectivity index (χ0) is 16.6. The molecule has 23 heavy (non-hydrogen) atoms. The fourth-order valence-electron chi connectivity index (χ4n) is 3.38. The molecule has 0 radical (unpaired) electrons. The van der Waals surface area contributed by atoms with Crippen LogP contribution in [0.1, 0.15) is 32.0 Å². The molecule has 0 aromatic carbocycles. The molecule has 7 heteroatoms. The van der Waals surface area contributed by atoms with Crippen molar-refractivity contribution in [3.8, 4) is 0 Å². The lowest BCUT2D eigenvalue weighted by atomic mass is 9.99. The van der Waals surface area contributed by atoms with E-state index in [1.807, 2.05) is 24.9 Å². The Bertz CT molecular complexity index is 669. The third-order valence-corrected chi connectivity index (χ3v) is 6.79. The van der Waals surface area contributed by atoms with Gasteiger partial charge in [-0.25, -0.2) is 18.4 Å². The third kappa shape index (κ3) is 3.76. The van der Waals surface area contributed by atoms with Crippen LogP contribution < -0.4 is 9.80 Å². The molecule has 1 aromatic heterocycles. The molecule has 128 valence electrons. The molecule has 1 atom stereocenters. The quantitative estimate of drug-likeness (QED) is 0.835. The maximum atomic E-state index is 11.7. The Kier molecular flexibility index (Phi) is 4.49. The first kappa shape index (κ1) is 16.5. The van der Waals surface area contributed by atoms with Crippen LogP contribution in [0.25, 0.3) is 0 Å². The Morgan fingerprint density at radius 1 is 1.22 bits per heavy atom. The fraction of sp³-hybridized carbons (Fsp3) is 0.750. The number of hydrogen-bond acceptors (Lipinski definition) is 6. The van der Waals surface area contributed by atoms with Crippen molar-refractivity contribution in [2.45, 2.75) is 39.2 Å². The van der Waals surface area contributed by atoms with Crippen molar-refractivity contribution in [1.29, 1.82) is 0 Å². The summed E-state index contributed by atoms with van der Waals surface area (Å²) in [5.74, 6) is 3.82. The zero-order valence-electron chi connectivity index (χ0n) is 14.2. The first-order valence-electron chi connectivity index (χ1n) is 8.38. The van der Waals surface area contributed by atoms with Crippen molar-refractivity contribution < 1.29 is 8.42 Å². The summed E-state index contributed by atoms with van der Waals surface area (Å²) in [7, 11) is -0.951. The van der Waals surface area contributed by atoms with Crippen molar-refractivity contribution >= 4 is 21.5 Å². The maximum Gasteiger partial charge on any atom is 0.152 e. The number of rotatable bonds is 3. The van der Waals surface area contributed by atoms with Crippen molar-refractivity contribution in [3.63, 3.8) is 0 Å². The predicted molar refractivity (Wildman–Crippen MR) is 92.8 cm³/mol. The summed E-state index contributed by atoms with van der Waals surface area (Å²) in [4.78, 5) is 13.4. The minimum absolute atomic E-state index is 0.0172. The number of anilines is 2. The largest absolute Gasteiger partial charge is 0.356 e. The first-order chi connectivity index (χ1) is 10.8. The molecule has 2 aliphatic rings. The Labute approximate surface area is 138 Å². The fourth-order valence-corrected chi connectivity index (χ4v) is 5.16. The van der Waals surface area contributed by atoms with E-state index in [9.17, 15) is 8.42 Å². The third-order valence-electron chi connectivity index (χ3n) is 5.04. The summed E-state index contributed by atoms with van der Waals surface area (Å²) < 4.78 is 23.4. The molecular weight excluding hydrogens is 312 g/mol. The van der Waals surface area contributed by atoms with Crippen LogP contribution in [0, 0.1) is 12.8 Å². The molecule has 3 heterocycles. The second kappa shape index (κ2) is 6.26. The van der Waals surface area contributed by atoms with Gasteiger partial charge in [-0.15, -0.1) is 0 Å². The molecule has 6 nitrogen and oxygen atoms in total. The summed E-state index contributed by atoms with van der Waals surface area (Å²) in [6, 6.07) is 2.03. The lowest BCUT2D eigenvalue weighted by molar-refractivity contribution is 0.436. The van der Waals surface area contributed by atoms with E-state index in [-0.39, 0.29) is 17.5 Å². The highest BCUT2D eigenvalue weighted by atomic mass is 32.2. The zero-order valence-corrected chi connectivity index (χ0v) is 15.0. The molecule has 2 fully saturated rings. The molecular formula is C16H26N4O2S. The summed E-state index contributed by atoms with van der Waals surface area (Å²) in [5.41, 5.74) is 0. The van der Waals surface area contributed by atoms with E-state index in [1.54, 1.807) is 0 Å². The molecule has 3 rings (SSSR count). The van der Waals surface area contributed by atoms with Gasteiger partial charge in [0.05, 0.1) is 11.5 Å². The highest BCUT2D eigenvalue weighted by Crippen LogP contribution is 2.26. The average Bonchev–Trinajstić information content (AvgIpc) is 2.86. The summed E-state index contributed by atoms with van der Waals surface area (Å²) in [6.07, 6.45) is 3.06. The van der Waals surface area contributed by atoms with Crippen molar-refractivity contribution in [3.05, 3.63) is 11.9 Å². The minimum atomic E-state index is -2.89. The van der Waals surface area contributed by atoms with E-state index in [0.717, 1.165) is 36.5 Å². The monoisotopic (exact) mass is 338 g/mol. The van der Waals surface area contributed by atoms with Crippen molar-refractivity contribution in [2.24, 2.45) is 5.92 Å². The maximum absolute atomic E-state index is 11.7. The summed E-state index contributed by atoms with van der Waals surface area (Å²) >= 11 is 0. The van der Waals surface area contributed by atoms with Crippen LogP contribution in [0.15, 0.2) is 6.07 Å². The highest BCUT2D eigenvalue weighted by Gasteiger charge is 2.31. The topological polar surface area (TPSA) is 66.4 Å². The Morgan fingerprint density at radius 3 is 2.52 bits per heavy atom. The number of aryl methyl sites for hydroxylation is 1. The van der Waals surface area contributed by atoms with Crippen LogP contribution in [0.4, 0.5) is 11.6 Å². The van der Waals surface area contributed by atoms with E-state index in [1.165, 1.54) is 12.8 Å². The van der Waals surface area contributed by atoms with Crippen LogP contribution in [0.3, 0.4) is 0 Å². The van der Waals surface area contributed by atoms with Crippen LogP contribution in [-0.2, 0) is 9.84 Å². The van der Waals surface area contributed by atoms with E-state index < -0.39 is 9.84 Å². The van der Waals surface area contributed by atoms with Gasteiger partial charge in [0.1, 0.15) is 17.5 Å². The number of aromatic nitrogens is 2. The van der Waals surface area contributed by atoms with Gasteiger partial charge < -0.3 is 9.80 Å². The summed E-state index contributed by atoms with van der Waals surface area (Å²) in [6.45, 7) is 6.25. The molecule has 0 N–H and O–H groups in total. The van der Waals surface area contributed by atoms with Crippen LogP contribution in [0.5, 0.6) is 0 Å². The van der Waals surface area contributed by atoms with Crippen LogP contribution >= 0.6 is 0 Å². The van der Waals surface area contributed by atoms with Crippen molar-refractivity contribution in [2.75, 3.05) is 41.4 Å². The molecule has 1 aromatic rings. The number of nitrogens with zero attached hydrogens (tertiary/aromatic N) is 4. The van der Waals surface area contributed by atoms with Gasteiger partial charge in [-0.3, -0.25) is 0 Å². The number of sulfone groups is 1. The normalized spacial score (nSPS) is 24.8. The van der Waals surface area contributed by atoms with Gasteiger partial charge in [-0.2, -0.15) is 0 Å². The van der Waals surface area contributed by atoms with Crippen molar-refractivity contribution in [1.82, 2.24) is 9.97 Å². The van der Waals surface area contributed by atoms with E-state index in [2.05, 4.69) is 21.8 Å². The standard InChI is InChI=1S/C16H26N4O2S/c1-12-4-7-20(8-5-12)16-10-15(17-13(2)18-16)19(3)14-6-9-23(21,22)11-14/h10,12,14H,4-9,11H2,1-3H3. The molecule has 2 saturated heterocycles. The lowest BCUT2D eigenvalue weighted by Crippen LogP contribution is -2.35.